The first-order valence-electron chi connectivity index (χ1n) is 9.17. The highest BCUT2D eigenvalue weighted by molar-refractivity contribution is 7.99. The van der Waals surface area contributed by atoms with Gasteiger partial charge in [-0.1, -0.05) is 54.1 Å². The van der Waals surface area contributed by atoms with E-state index in [1.807, 2.05) is 36.4 Å². The Hall–Kier alpha value is -2.70. The van der Waals surface area contributed by atoms with Crippen LogP contribution in [0.25, 0.3) is 0 Å². The zero-order valence-corrected chi connectivity index (χ0v) is 17.0. The topological polar surface area (TPSA) is 62.6 Å². The number of halogens is 1. The molecule has 0 aliphatic carbocycles. The average Bonchev–Trinajstić information content (AvgIpc) is 3.42. The van der Waals surface area contributed by atoms with Crippen molar-refractivity contribution in [3.05, 3.63) is 94.9 Å². The number of hydrogen-bond acceptors (Lipinski definition) is 4. The number of nitrogens with one attached hydrogen (secondary N) is 1. The maximum absolute atomic E-state index is 13.4. The van der Waals surface area contributed by atoms with Crippen LogP contribution < -0.4 is 5.32 Å². The summed E-state index contributed by atoms with van der Waals surface area (Å²) in [5.74, 6) is 0.0338. The van der Waals surface area contributed by atoms with Crippen LogP contribution in [-0.4, -0.2) is 28.5 Å². The molecule has 1 aliphatic heterocycles. The van der Waals surface area contributed by atoms with Gasteiger partial charge in [-0.05, 0) is 23.8 Å². The van der Waals surface area contributed by atoms with Crippen LogP contribution in [0.15, 0.2) is 77.6 Å². The summed E-state index contributed by atoms with van der Waals surface area (Å²) in [4.78, 5) is 28.0. The van der Waals surface area contributed by atoms with E-state index in [2.05, 4.69) is 5.32 Å². The van der Waals surface area contributed by atoms with Crippen LogP contribution in [0.2, 0.25) is 5.02 Å². The van der Waals surface area contributed by atoms with E-state index in [1.165, 1.54) is 11.8 Å². The van der Waals surface area contributed by atoms with Crippen LogP contribution >= 0.6 is 23.4 Å². The lowest BCUT2D eigenvalue weighted by molar-refractivity contribution is -0.125. The fraction of sp³-hybridized carbons (Fsp3) is 0.182. The van der Waals surface area contributed by atoms with Gasteiger partial charge < -0.3 is 14.6 Å². The summed E-state index contributed by atoms with van der Waals surface area (Å²) < 4.78 is 5.21. The van der Waals surface area contributed by atoms with Gasteiger partial charge in [-0.15, -0.1) is 11.8 Å². The van der Waals surface area contributed by atoms with E-state index in [0.717, 1.165) is 11.1 Å². The normalized spacial score (nSPS) is 18.6. The predicted octanol–water partition coefficient (Wildman–Crippen LogP) is 4.51. The maximum Gasteiger partial charge on any atom is 0.257 e. The van der Waals surface area contributed by atoms with Crippen molar-refractivity contribution in [3.8, 4) is 0 Å². The quantitative estimate of drug-likeness (QED) is 0.652. The largest absolute Gasteiger partial charge is 0.472 e. The number of carbonyl (C=O) groups is 2. The molecule has 0 spiro atoms. The number of furan rings is 1. The Morgan fingerprint density at radius 3 is 2.59 bits per heavy atom. The van der Waals surface area contributed by atoms with Crippen molar-refractivity contribution >= 4 is 35.2 Å². The van der Waals surface area contributed by atoms with Crippen molar-refractivity contribution in [3.63, 3.8) is 0 Å². The molecule has 4 rings (SSSR count). The molecule has 148 valence electrons. The minimum Gasteiger partial charge on any atom is -0.472 e. The van der Waals surface area contributed by atoms with Gasteiger partial charge in [0.05, 0.1) is 23.1 Å². The smallest absolute Gasteiger partial charge is 0.257 e. The van der Waals surface area contributed by atoms with E-state index in [0.29, 0.717) is 22.9 Å². The number of carbonyl (C=O) groups excluding carboxylic acids is 2. The minimum atomic E-state index is -0.604. The highest BCUT2D eigenvalue weighted by Gasteiger charge is 2.43. The molecule has 2 unspecified atom stereocenters. The first-order chi connectivity index (χ1) is 14.1. The molecular formula is C22H19ClN2O3S. The Morgan fingerprint density at radius 1 is 1.10 bits per heavy atom. The fourth-order valence-corrected chi connectivity index (χ4v) is 4.93. The van der Waals surface area contributed by atoms with Crippen molar-refractivity contribution in [2.24, 2.45) is 0 Å². The Bertz CT molecular complexity index is 994. The lowest BCUT2D eigenvalue weighted by Gasteiger charge is -2.28. The lowest BCUT2D eigenvalue weighted by Crippen LogP contribution is -2.47. The standard InChI is InChI=1S/C22H19ClN2O3S/c23-18-9-5-4-8-17(18)21(27)25-19(14-29-22(25)16-10-11-28-13-16)20(26)24-12-15-6-2-1-3-7-15/h1-11,13,19,22H,12,14H2,(H,24,26). The predicted molar refractivity (Wildman–Crippen MR) is 114 cm³/mol. The zero-order chi connectivity index (χ0) is 20.2. The van der Waals surface area contributed by atoms with E-state index in [9.17, 15) is 9.59 Å². The molecule has 3 aromatic rings. The zero-order valence-electron chi connectivity index (χ0n) is 15.5. The first kappa shape index (κ1) is 19.6. The molecule has 5 nitrogen and oxygen atoms in total. The van der Waals surface area contributed by atoms with Crippen molar-refractivity contribution in [1.29, 1.82) is 0 Å². The van der Waals surface area contributed by atoms with Gasteiger partial charge in [0.1, 0.15) is 11.4 Å². The summed E-state index contributed by atoms with van der Waals surface area (Å²) in [6.07, 6.45) is 3.17. The number of thioether (sulfide) groups is 1. The van der Waals surface area contributed by atoms with Gasteiger partial charge >= 0.3 is 0 Å². The second-order valence-corrected chi connectivity index (χ2v) is 8.17. The molecule has 29 heavy (non-hydrogen) atoms. The van der Waals surface area contributed by atoms with Crippen LogP contribution in [0.5, 0.6) is 0 Å². The minimum absolute atomic E-state index is 0.187. The Balaban J connectivity index is 1.59. The third-order valence-corrected chi connectivity index (χ3v) is 6.43. The van der Waals surface area contributed by atoms with Crippen molar-refractivity contribution in [2.45, 2.75) is 18.0 Å². The van der Waals surface area contributed by atoms with Gasteiger partial charge in [-0.25, -0.2) is 0 Å². The molecule has 2 heterocycles. The van der Waals surface area contributed by atoms with Crippen LogP contribution in [0.3, 0.4) is 0 Å². The molecular weight excluding hydrogens is 408 g/mol. The second-order valence-electron chi connectivity index (χ2n) is 6.65. The van der Waals surface area contributed by atoms with E-state index in [-0.39, 0.29) is 17.2 Å². The van der Waals surface area contributed by atoms with Crippen LogP contribution in [0, 0.1) is 0 Å². The third-order valence-electron chi connectivity index (χ3n) is 4.78. The SMILES string of the molecule is O=C(NCc1ccccc1)C1CSC(c2ccoc2)N1C(=O)c1ccccc1Cl. The summed E-state index contributed by atoms with van der Waals surface area (Å²) in [5.41, 5.74) is 2.22. The molecule has 0 bridgehead atoms. The van der Waals surface area contributed by atoms with E-state index < -0.39 is 6.04 Å². The third kappa shape index (κ3) is 4.18. The van der Waals surface area contributed by atoms with E-state index >= 15 is 0 Å². The number of nitrogens with zero attached hydrogens (tertiary/aromatic N) is 1. The number of benzene rings is 2. The molecule has 2 amide bonds. The number of amides is 2. The summed E-state index contributed by atoms with van der Waals surface area (Å²) >= 11 is 7.80. The highest BCUT2D eigenvalue weighted by atomic mass is 35.5. The van der Waals surface area contributed by atoms with Crippen LogP contribution in [0.4, 0.5) is 0 Å². The highest BCUT2D eigenvalue weighted by Crippen LogP contribution is 2.43. The van der Waals surface area contributed by atoms with Gasteiger partial charge in [-0.2, -0.15) is 0 Å². The van der Waals surface area contributed by atoms with Crippen LogP contribution in [0.1, 0.15) is 26.9 Å². The number of hydrogen-bond donors (Lipinski definition) is 1. The molecule has 1 aromatic heterocycles. The fourth-order valence-electron chi connectivity index (χ4n) is 3.31. The van der Waals surface area contributed by atoms with E-state index in [4.69, 9.17) is 16.0 Å². The molecule has 2 aromatic carbocycles. The maximum atomic E-state index is 13.4. The van der Waals surface area contributed by atoms with Gasteiger partial charge in [0.25, 0.3) is 5.91 Å². The van der Waals surface area contributed by atoms with Crippen molar-refractivity contribution in [1.82, 2.24) is 10.2 Å². The Kier molecular flexibility index (Phi) is 5.92. The first-order valence-corrected chi connectivity index (χ1v) is 10.6. The monoisotopic (exact) mass is 426 g/mol. The molecule has 7 heteroatoms. The molecule has 0 radical (unpaired) electrons. The van der Waals surface area contributed by atoms with Gasteiger partial charge in [0, 0.05) is 17.9 Å². The van der Waals surface area contributed by atoms with Crippen molar-refractivity contribution < 1.29 is 14.0 Å². The van der Waals surface area contributed by atoms with E-state index in [1.54, 1.807) is 41.7 Å². The Morgan fingerprint density at radius 2 is 1.86 bits per heavy atom. The molecule has 2 atom stereocenters. The summed E-state index contributed by atoms with van der Waals surface area (Å²) in [5, 5.41) is 3.00. The molecule has 1 saturated heterocycles. The van der Waals surface area contributed by atoms with Gasteiger partial charge in [-0.3, -0.25) is 9.59 Å². The summed E-state index contributed by atoms with van der Waals surface area (Å²) in [7, 11) is 0. The summed E-state index contributed by atoms with van der Waals surface area (Å²) in [6.45, 7) is 0.408. The second kappa shape index (κ2) is 8.76. The number of rotatable bonds is 5. The Labute approximate surface area is 178 Å². The average molecular weight is 427 g/mol. The van der Waals surface area contributed by atoms with Crippen molar-refractivity contribution in [2.75, 3.05) is 5.75 Å². The molecule has 1 fully saturated rings. The lowest BCUT2D eigenvalue weighted by atomic mass is 10.1. The van der Waals surface area contributed by atoms with Crippen LogP contribution in [-0.2, 0) is 11.3 Å². The molecule has 1 N–H and O–H groups in total. The van der Waals surface area contributed by atoms with Gasteiger partial charge in [0.15, 0.2) is 0 Å². The molecule has 1 aliphatic rings. The summed E-state index contributed by atoms with van der Waals surface area (Å²) in [6, 6.07) is 17.8. The van der Waals surface area contributed by atoms with Gasteiger partial charge in [0.2, 0.25) is 5.91 Å². The molecule has 0 saturated carbocycles.